The largest absolute Gasteiger partial charge is 0.339 e. The maximum atomic E-state index is 6.61. The Bertz CT molecular complexity index is 472. The fourth-order valence-corrected chi connectivity index (χ4v) is 4.11. The molecule has 0 aliphatic heterocycles. The molecule has 1 unspecified atom stereocenters. The summed E-state index contributed by atoms with van der Waals surface area (Å²) >= 11 is 0. The average Bonchev–Trinajstić information content (AvgIpc) is 2.82. The first-order chi connectivity index (χ1) is 10.0. The van der Waals surface area contributed by atoms with Crippen LogP contribution in [-0.4, -0.2) is 10.1 Å². The summed E-state index contributed by atoms with van der Waals surface area (Å²) in [6.45, 7) is 4.65. The van der Waals surface area contributed by atoms with Crippen molar-refractivity contribution in [3.05, 3.63) is 11.7 Å². The predicted octanol–water partition coefficient (Wildman–Crippen LogP) is 4.26. The van der Waals surface area contributed by atoms with E-state index < -0.39 is 0 Å². The molecule has 4 nitrogen and oxygen atoms in total. The van der Waals surface area contributed by atoms with Gasteiger partial charge in [-0.25, -0.2) is 0 Å². The van der Waals surface area contributed by atoms with Gasteiger partial charge in [0.2, 0.25) is 5.89 Å². The Morgan fingerprint density at radius 2 is 1.67 bits per heavy atom. The van der Waals surface area contributed by atoms with Crippen LogP contribution in [0.2, 0.25) is 0 Å². The van der Waals surface area contributed by atoms with Crippen molar-refractivity contribution in [1.82, 2.24) is 10.1 Å². The molecule has 2 aliphatic carbocycles. The highest BCUT2D eigenvalue weighted by Crippen LogP contribution is 2.46. The molecule has 0 aromatic carbocycles. The number of aromatic nitrogens is 2. The van der Waals surface area contributed by atoms with Crippen LogP contribution < -0.4 is 5.73 Å². The Hall–Kier alpha value is -0.900. The first-order valence-corrected chi connectivity index (χ1v) is 8.64. The van der Waals surface area contributed by atoms with E-state index in [9.17, 15) is 0 Å². The van der Waals surface area contributed by atoms with E-state index in [0.717, 1.165) is 31.0 Å². The first kappa shape index (κ1) is 15.0. The lowest BCUT2D eigenvalue weighted by Gasteiger charge is -2.36. The summed E-state index contributed by atoms with van der Waals surface area (Å²) in [4.78, 5) is 4.76. The molecule has 2 fully saturated rings. The SMILES string of the molecule is CC1(C)CCCCC1c1nc(C2(N)CCCCCC2)no1. The number of rotatable bonds is 2. The quantitative estimate of drug-likeness (QED) is 0.827. The molecule has 3 rings (SSSR count). The van der Waals surface area contributed by atoms with Crippen molar-refractivity contribution in [3.63, 3.8) is 0 Å². The van der Waals surface area contributed by atoms with Crippen molar-refractivity contribution in [2.24, 2.45) is 11.1 Å². The van der Waals surface area contributed by atoms with Gasteiger partial charge in [0.25, 0.3) is 0 Å². The molecule has 1 heterocycles. The summed E-state index contributed by atoms with van der Waals surface area (Å²) in [6.07, 6.45) is 11.9. The van der Waals surface area contributed by atoms with Crippen LogP contribution in [0.5, 0.6) is 0 Å². The van der Waals surface area contributed by atoms with Gasteiger partial charge in [0.05, 0.1) is 5.54 Å². The van der Waals surface area contributed by atoms with Gasteiger partial charge in [-0.2, -0.15) is 4.98 Å². The molecule has 1 atom stereocenters. The van der Waals surface area contributed by atoms with Crippen LogP contribution in [0.1, 0.15) is 95.7 Å². The number of nitrogens with two attached hydrogens (primary N) is 1. The van der Waals surface area contributed by atoms with Gasteiger partial charge in [-0.1, -0.05) is 57.5 Å². The summed E-state index contributed by atoms with van der Waals surface area (Å²) in [6, 6.07) is 0. The molecule has 118 valence electrons. The predicted molar refractivity (Wildman–Crippen MR) is 82.9 cm³/mol. The Morgan fingerprint density at radius 3 is 2.33 bits per heavy atom. The third-order valence-electron chi connectivity index (χ3n) is 5.69. The van der Waals surface area contributed by atoms with Gasteiger partial charge in [-0.3, -0.25) is 0 Å². The van der Waals surface area contributed by atoms with Crippen LogP contribution in [0.4, 0.5) is 0 Å². The van der Waals surface area contributed by atoms with Crippen LogP contribution in [-0.2, 0) is 5.54 Å². The highest BCUT2D eigenvalue weighted by Gasteiger charge is 2.39. The Kier molecular flexibility index (Phi) is 4.08. The van der Waals surface area contributed by atoms with Crippen LogP contribution in [0.15, 0.2) is 4.52 Å². The van der Waals surface area contributed by atoms with E-state index in [2.05, 4.69) is 19.0 Å². The zero-order valence-corrected chi connectivity index (χ0v) is 13.5. The van der Waals surface area contributed by atoms with Gasteiger partial charge in [-0.05, 0) is 31.1 Å². The summed E-state index contributed by atoms with van der Waals surface area (Å²) in [5.74, 6) is 1.96. The van der Waals surface area contributed by atoms with Gasteiger partial charge in [-0.15, -0.1) is 0 Å². The van der Waals surface area contributed by atoms with Gasteiger partial charge >= 0.3 is 0 Å². The lowest BCUT2D eigenvalue weighted by Crippen LogP contribution is -2.37. The van der Waals surface area contributed by atoms with E-state index in [1.54, 1.807) is 0 Å². The third-order valence-corrected chi connectivity index (χ3v) is 5.69. The number of hydrogen-bond donors (Lipinski definition) is 1. The summed E-state index contributed by atoms with van der Waals surface area (Å²) in [5.41, 5.74) is 6.50. The Balaban J connectivity index is 1.82. The molecule has 0 amide bonds. The summed E-state index contributed by atoms with van der Waals surface area (Å²) in [7, 11) is 0. The highest BCUT2D eigenvalue weighted by atomic mass is 16.5. The zero-order valence-electron chi connectivity index (χ0n) is 13.5. The second-order valence-corrected chi connectivity index (χ2v) is 7.81. The van der Waals surface area contributed by atoms with Crippen molar-refractivity contribution < 1.29 is 4.52 Å². The Morgan fingerprint density at radius 1 is 1.00 bits per heavy atom. The average molecular weight is 291 g/mol. The molecule has 1 aromatic heterocycles. The standard InChI is InChI=1S/C17H29N3O/c1-16(2)10-8-5-9-13(16)14-19-15(20-21-14)17(18)11-6-3-4-7-12-17/h13H,3-12,18H2,1-2H3. The van der Waals surface area contributed by atoms with Crippen LogP contribution in [0.25, 0.3) is 0 Å². The van der Waals surface area contributed by atoms with Crippen molar-refractivity contribution >= 4 is 0 Å². The molecule has 2 aliphatic rings. The van der Waals surface area contributed by atoms with E-state index in [-0.39, 0.29) is 11.0 Å². The van der Waals surface area contributed by atoms with Crippen molar-refractivity contribution in [2.75, 3.05) is 0 Å². The maximum absolute atomic E-state index is 6.61. The van der Waals surface area contributed by atoms with E-state index >= 15 is 0 Å². The van der Waals surface area contributed by atoms with Gasteiger partial charge in [0, 0.05) is 5.92 Å². The topological polar surface area (TPSA) is 64.9 Å². The highest BCUT2D eigenvalue weighted by molar-refractivity contribution is 5.09. The molecule has 0 spiro atoms. The fourth-order valence-electron chi connectivity index (χ4n) is 4.11. The van der Waals surface area contributed by atoms with Gasteiger partial charge < -0.3 is 10.3 Å². The minimum atomic E-state index is -0.364. The van der Waals surface area contributed by atoms with Crippen molar-refractivity contribution in [3.8, 4) is 0 Å². The minimum absolute atomic E-state index is 0.257. The zero-order chi connectivity index (χ0) is 14.9. The van der Waals surface area contributed by atoms with E-state index in [0.29, 0.717) is 5.92 Å². The van der Waals surface area contributed by atoms with E-state index in [1.165, 1.54) is 44.9 Å². The molecule has 0 radical (unpaired) electrons. The smallest absolute Gasteiger partial charge is 0.230 e. The molecule has 1 aromatic rings. The molecule has 2 N–H and O–H groups in total. The molecule has 21 heavy (non-hydrogen) atoms. The maximum Gasteiger partial charge on any atom is 0.230 e. The molecule has 0 saturated heterocycles. The molecule has 4 heteroatoms. The normalized spacial score (nSPS) is 29.0. The molecular formula is C17H29N3O. The lowest BCUT2D eigenvalue weighted by molar-refractivity contribution is 0.163. The van der Waals surface area contributed by atoms with Crippen LogP contribution in [0.3, 0.4) is 0 Å². The first-order valence-electron chi connectivity index (χ1n) is 8.64. The summed E-state index contributed by atoms with van der Waals surface area (Å²) < 4.78 is 5.66. The van der Waals surface area contributed by atoms with E-state index in [1.807, 2.05) is 0 Å². The molecule has 0 bridgehead atoms. The monoisotopic (exact) mass is 291 g/mol. The lowest BCUT2D eigenvalue weighted by atomic mass is 9.69. The number of hydrogen-bond acceptors (Lipinski definition) is 4. The van der Waals surface area contributed by atoms with Gasteiger partial charge in [0.15, 0.2) is 5.82 Å². The summed E-state index contributed by atoms with van der Waals surface area (Å²) in [5, 5.41) is 4.28. The second kappa shape index (κ2) is 5.71. The Labute approximate surface area is 127 Å². The van der Waals surface area contributed by atoms with Crippen molar-refractivity contribution in [2.45, 2.75) is 89.5 Å². The third kappa shape index (κ3) is 3.01. The van der Waals surface area contributed by atoms with Crippen molar-refractivity contribution in [1.29, 1.82) is 0 Å². The number of nitrogens with zero attached hydrogens (tertiary/aromatic N) is 2. The minimum Gasteiger partial charge on any atom is -0.339 e. The second-order valence-electron chi connectivity index (χ2n) is 7.81. The van der Waals surface area contributed by atoms with E-state index in [4.69, 9.17) is 15.2 Å². The van der Waals surface area contributed by atoms with Gasteiger partial charge in [0.1, 0.15) is 0 Å². The fraction of sp³-hybridized carbons (Fsp3) is 0.882. The molecular weight excluding hydrogens is 262 g/mol. The molecule has 2 saturated carbocycles. The van der Waals surface area contributed by atoms with Crippen LogP contribution in [0, 0.1) is 5.41 Å². The van der Waals surface area contributed by atoms with Crippen LogP contribution >= 0.6 is 0 Å².